The lowest BCUT2D eigenvalue weighted by molar-refractivity contribution is -0.138. The molecule has 0 atom stereocenters. The molecular formula is C18H38IN5O2. The number of rotatable bonds is 10. The van der Waals surface area contributed by atoms with Crippen LogP contribution in [0.2, 0.25) is 0 Å². The van der Waals surface area contributed by atoms with E-state index in [0.29, 0.717) is 6.54 Å². The van der Waals surface area contributed by atoms with Gasteiger partial charge in [0.05, 0.1) is 12.0 Å². The van der Waals surface area contributed by atoms with Crippen LogP contribution in [0.3, 0.4) is 0 Å². The van der Waals surface area contributed by atoms with Crippen LogP contribution in [-0.2, 0) is 9.53 Å². The lowest BCUT2D eigenvalue weighted by Crippen LogP contribution is -2.49. The third-order valence-electron chi connectivity index (χ3n) is 4.92. The van der Waals surface area contributed by atoms with Gasteiger partial charge >= 0.3 is 0 Å². The fourth-order valence-electron chi connectivity index (χ4n) is 3.38. The Kier molecular flexibility index (Phi) is 13.2. The van der Waals surface area contributed by atoms with E-state index in [2.05, 4.69) is 27.6 Å². The highest BCUT2D eigenvalue weighted by Gasteiger charge is 2.42. The van der Waals surface area contributed by atoms with E-state index in [4.69, 9.17) is 4.74 Å². The van der Waals surface area contributed by atoms with Gasteiger partial charge in [-0.1, -0.05) is 12.8 Å². The van der Waals surface area contributed by atoms with Crippen LogP contribution in [0.15, 0.2) is 4.99 Å². The van der Waals surface area contributed by atoms with Gasteiger partial charge in [-0.2, -0.15) is 0 Å². The molecule has 1 aliphatic carbocycles. The van der Waals surface area contributed by atoms with Gasteiger partial charge in [0, 0.05) is 47.9 Å². The number of hydrogen-bond donors (Lipinski definition) is 2. The molecule has 0 aromatic heterocycles. The first-order chi connectivity index (χ1) is 11.9. The van der Waals surface area contributed by atoms with Crippen LogP contribution in [0.25, 0.3) is 0 Å². The molecule has 0 spiro atoms. The van der Waals surface area contributed by atoms with Gasteiger partial charge in [-0.15, -0.1) is 24.0 Å². The number of hydrogen-bond acceptors (Lipinski definition) is 4. The largest absolute Gasteiger partial charge is 0.383 e. The summed E-state index contributed by atoms with van der Waals surface area (Å²) < 4.78 is 5.08. The summed E-state index contributed by atoms with van der Waals surface area (Å²) in [5.74, 6) is 1.00. The maximum atomic E-state index is 12.6. The van der Waals surface area contributed by atoms with Crippen molar-refractivity contribution < 1.29 is 9.53 Å². The quantitative estimate of drug-likeness (QED) is 0.213. The van der Waals surface area contributed by atoms with Crippen molar-refractivity contribution in [1.29, 1.82) is 0 Å². The summed E-state index contributed by atoms with van der Waals surface area (Å²) in [6.07, 6.45) is 5.20. The van der Waals surface area contributed by atoms with E-state index in [1.807, 2.05) is 14.1 Å². The van der Waals surface area contributed by atoms with Crippen molar-refractivity contribution in [3.05, 3.63) is 0 Å². The molecule has 0 heterocycles. The van der Waals surface area contributed by atoms with E-state index in [0.717, 1.165) is 64.3 Å². The third kappa shape index (κ3) is 8.39. The van der Waals surface area contributed by atoms with Gasteiger partial charge < -0.3 is 25.2 Å². The van der Waals surface area contributed by atoms with Crippen molar-refractivity contribution in [3.8, 4) is 0 Å². The number of aliphatic imine (C=N–C) groups is 1. The van der Waals surface area contributed by atoms with Crippen LogP contribution in [0, 0.1) is 5.41 Å². The second-order valence-corrected chi connectivity index (χ2v) is 7.19. The topological polar surface area (TPSA) is 69.2 Å². The molecule has 0 radical (unpaired) electrons. The molecule has 1 rings (SSSR count). The zero-order valence-corrected chi connectivity index (χ0v) is 19.5. The Bertz CT molecular complexity index is 426. The lowest BCUT2D eigenvalue weighted by atomic mass is 9.84. The van der Waals surface area contributed by atoms with E-state index >= 15 is 0 Å². The number of likely N-dealkylation sites (N-methyl/N-ethyl adjacent to an activating group) is 1. The summed E-state index contributed by atoms with van der Waals surface area (Å²) >= 11 is 0. The fourth-order valence-corrected chi connectivity index (χ4v) is 3.38. The third-order valence-corrected chi connectivity index (χ3v) is 4.92. The average molecular weight is 483 g/mol. The van der Waals surface area contributed by atoms with Crippen LogP contribution in [0.5, 0.6) is 0 Å². The summed E-state index contributed by atoms with van der Waals surface area (Å²) in [4.78, 5) is 20.9. The number of halogens is 1. The molecule has 0 saturated heterocycles. The first kappa shape index (κ1) is 25.4. The standard InChI is InChI=1S/C18H37N5O2.HI/c1-19-17(20-11-8-12-23(4)13-14-25-5)21-15-18(9-6-7-10-18)16(24)22(2)3;/h6-15H2,1-5H3,(H2,19,20,21);1H. The Morgan fingerprint density at radius 2 is 1.81 bits per heavy atom. The Labute approximate surface area is 176 Å². The van der Waals surface area contributed by atoms with Crippen molar-refractivity contribution in [2.45, 2.75) is 32.1 Å². The SMILES string of the molecule is CN=C(NCCCN(C)CCOC)NCC1(C(=O)N(C)C)CCCC1.I. The molecule has 0 bridgehead atoms. The highest BCUT2D eigenvalue weighted by atomic mass is 127. The van der Waals surface area contributed by atoms with Crippen molar-refractivity contribution in [2.24, 2.45) is 10.4 Å². The first-order valence-corrected chi connectivity index (χ1v) is 9.29. The molecule has 0 aromatic carbocycles. The molecule has 7 nitrogen and oxygen atoms in total. The number of methoxy groups -OCH3 is 1. The first-order valence-electron chi connectivity index (χ1n) is 9.29. The van der Waals surface area contributed by atoms with Gasteiger partial charge in [-0.25, -0.2) is 0 Å². The van der Waals surface area contributed by atoms with E-state index in [1.165, 1.54) is 0 Å². The van der Waals surface area contributed by atoms with E-state index in [1.54, 1.807) is 19.1 Å². The summed E-state index contributed by atoms with van der Waals surface area (Å²) in [6.45, 7) is 4.22. The Morgan fingerprint density at radius 3 is 2.35 bits per heavy atom. The van der Waals surface area contributed by atoms with Crippen molar-refractivity contribution in [2.75, 3.05) is 68.1 Å². The van der Waals surface area contributed by atoms with Gasteiger partial charge in [0.1, 0.15) is 0 Å². The highest BCUT2D eigenvalue weighted by Crippen LogP contribution is 2.38. The van der Waals surface area contributed by atoms with Gasteiger partial charge in [-0.05, 0) is 32.9 Å². The molecule has 1 saturated carbocycles. The van der Waals surface area contributed by atoms with E-state index in [-0.39, 0.29) is 35.3 Å². The second-order valence-electron chi connectivity index (χ2n) is 7.19. The van der Waals surface area contributed by atoms with Crippen molar-refractivity contribution in [1.82, 2.24) is 20.4 Å². The van der Waals surface area contributed by atoms with Crippen LogP contribution in [0.4, 0.5) is 0 Å². The van der Waals surface area contributed by atoms with Gasteiger partial charge in [0.2, 0.25) is 5.91 Å². The van der Waals surface area contributed by atoms with Gasteiger partial charge in [0.25, 0.3) is 0 Å². The maximum absolute atomic E-state index is 12.6. The smallest absolute Gasteiger partial charge is 0.230 e. The molecule has 0 aromatic rings. The summed E-state index contributed by atoms with van der Waals surface area (Å²) in [7, 11) is 9.28. The molecule has 1 aliphatic rings. The molecule has 1 amide bonds. The molecule has 0 aliphatic heterocycles. The normalized spacial score (nSPS) is 16.3. The van der Waals surface area contributed by atoms with Crippen LogP contribution in [-0.4, -0.2) is 89.8 Å². The van der Waals surface area contributed by atoms with Crippen molar-refractivity contribution >= 4 is 35.8 Å². The Morgan fingerprint density at radius 1 is 1.15 bits per heavy atom. The maximum Gasteiger partial charge on any atom is 0.230 e. The number of nitrogens with zero attached hydrogens (tertiary/aromatic N) is 3. The molecule has 8 heteroatoms. The number of nitrogens with one attached hydrogen (secondary N) is 2. The number of carbonyl (C=O) groups excluding carboxylic acids is 1. The predicted molar refractivity (Wildman–Crippen MR) is 118 cm³/mol. The summed E-state index contributed by atoms with van der Waals surface area (Å²) in [6, 6.07) is 0. The fraction of sp³-hybridized carbons (Fsp3) is 0.889. The summed E-state index contributed by atoms with van der Waals surface area (Å²) in [5.41, 5.74) is -0.276. The molecule has 2 N–H and O–H groups in total. The Hall–Kier alpha value is -0.610. The number of guanidine groups is 1. The molecule has 1 fully saturated rings. The zero-order chi connectivity index (χ0) is 18.7. The second kappa shape index (κ2) is 13.5. The molecule has 26 heavy (non-hydrogen) atoms. The predicted octanol–water partition coefficient (Wildman–Crippen LogP) is 1.39. The van der Waals surface area contributed by atoms with Crippen LogP contribution in [0.1, 0.15) is 32.1 Å². The van der Waals surface area contributed by atoms with Crippen molar-refractivity contribution in [3.63, 3.8) is 0 Å². The minimum Gasteiger partial charge on any atom is -0.383 e. The number of ether oxygens (including phenoxy) is 1. The van der Waals surface area contributed by atoms with Gasteiger partial charge in [0.15, 0.2) is 5.96 Å². The molecule has 0 unspecified atom stereocenters. The molecular weight excluding hydrogens is 445 g/mol. The lowest BCUT2D eigenvalue weighted by Gasteiger charge is -2.31. The zero-order valence-electron chi connectivity index (χ0n) is 17.1. The molecule has 154 valence electrons. The van der Waals surface area contributed by atoms with Gasteiger partial charge in [-0.3, -0.25) is 9.79 Å². The summed E-state index contributed by atoms with van der Waals surface area (Å²) in [5, 5.41) is 6.71. The average Bonchev–Trinajstić information content (AvgIpc) is 3.08. The van der Waals surface area contributed by atoms with E-state index in [9.17, 15) is 4.79 Å². The van der Waals surface area contributed by atoms with E-state index < -0.39 is 0 Å². The Balaban J connectivity index is 0.00000625. The van der Waals surface area contributed by atoms with Crippen LogP contribution >= 0.6 is 24.0 Å². The minimum absolute atomic E-state index is 0. The number of amides is 1. The monoisotopic (exact) mass is 483 g/mol. The minimum atomic E-state index is -0.276. The number of carbonyl (C=O) groups is 1. The highest BCUT2D eigenvalue weighted by molar-refractivity contribution is 14.0. The van der Waals surface area contributed by atoms with Crippen LogP contribution < -0.4 is 10.6 Å².